The monoisotopic (exact) mass is 454 g/mol. The van der Waals surface area contributed by atoms with E-state index in [9.17, 15) is 13.2 Å². The Kier molecular flexibility index (Phi) is 6.91. The molecular formula is C24H30N4O3S. The minimum atomic E-state index is -3.73. The van der Waals surface area contributed by atoms with Crippen LogP contribution >= 0.6 is 0 Å². The summed E-state index contributed by atoms with van der Waals surface area (Å²) in [6.45, 7) is 9.77. The molecule has 8 heteroatoms. The molecule has 1 aliphatic heterocycles. The van der Waals surface area contributed by atoms with Crippen molar-refractivity contribution in [2.75, 3.05) is 31.1 Å². The maximum absolute atomic E-state index is 13.3. The molecule has 2 aromatic carbocycles. The first kappa shape index (κ1) is 23.8. The van der Waals surface area contributed by atoms with Crippen LogP contribution in [0.5, 0.6) is 0 Å². The number of aryl methyl sites for hydroxylation is 1. The molecular weight excluding hydrogens is 424 g/mol. The van der Waals surface area contributed by atoms with E-state index in [0.29, 0.717) is 30.8 Å². The van der Waals surface area contributed by atoms with Crippen molar-refractivity contribution < 1.29 is 13.2 Å². The van der Waals surface area contributed by atoms with E-state index in [1.807, 2.05) is 19.1 Å². The predicted octanol–water partition coefficient (Wildman–Crippen LogP) is 3.30. The Bertz CT molecular complexity index is 1130. The highest BCUT2D eigenvalue weighted by atomic mass is 32.2. The highest BCUT2D eigenvalue weighted by Gasteiger charge is 2.26. The van der Waals surface area contributed by atoms with Crippen LogP contribution in [0.1, 0.15) is 48.7 Å². The van der Waals surface area contributed by atoms with Crippen LogP contribution in [0.4, 0.5) is 5.69 Å². The number of benzene rings is 2. The van der Waals surface area contributed by atoms with Gasteiger partial charge in [-0.15, -0.1) is 0 Å². The summed E-state index contributed by atoms with van der Waals surface area (Å²) >= 11 is 0. The summed E-state index contributed by atoms with van der Waals surface area (Å²) < 4.78 is 28.1. The van der Waals surface area contributed by atoms with Crippen LogP contribution in [0.3, 0.4) is 0 Å². The molecule has 3 rings (SSSR count). The molecule has 0 atom stereocenters. The van der Waals surface area contributed by atoms with Gasteiger partial charge in [0, 0.05) is 43.0 Å². The smallest absolute Gasteiger partial charge is 0.254 e. The van der Waals surface area contributed by atoms with E-state index < -0.39 is 15.6 Å². The van der Waals surface area contributed by atoms with Crippen LogP contribution in [0.25, 0.3) is 0 Å². The highest BCUT2D eigenvalue weighted by Crippen LogP contribution is 2.21. The number of amides is 1. The second-order valence-electron chi connectivity index (χ2n) is 9.12. The molecule has 32 heavy (non-hydrogen) atoms. The van der Waals surface area contributed by atoms with Gasteiger partial charge < -0.3 is 9.80 Å². The third-order valence-corrected chi connectivity index (χ3v) is 7.09. The van der Waals surface area contributed by atoms with Crippen molar-refractivity contribution in [1.29, 1.82) is 5.26 Å². The number of rotatable bonds is 4. The van der Waals surface area contributed by atoms with Gasteiger partial charge >= 0.3 is 0 Å². The summed E-state index contributed by atoms with van der Waals surface area (Å²) in [5, 5.41) is 8.99. The quantitative estimate of drug-likeness (QED) is 0.765. The van der Waals surface area contributed by atoms with Crippen molar-refractivity contribution >= 4 is 21.6 Å². The van der Waals surface area contributed by atoms with Crippen LogP contribution in [-0.4, -0.2) is 50.9 Å². The molecule has 0 aliphatic carbocycles. The molecule has 1 amide bonds. The van der Waals surface area contributed by atoms with E-state index in [1.54, 1.807) is 43.9 Å². The number of carbonyl (C=O) groups is 1. The number of nitrogens with one attached hydrogen (secondary N) is 1. The molecule has 2 aromatic rings. The fourth-order valence-electron chi connectivity index (χ4n) is 3.76. The molecule has 0 saturated carbocycles. The first-order valence-electron chi connectivity index (χ1n) is 10.7. The summed E-state index contributed by atoms with van der Waals surface area (Å²) in [6, 6.07) is 14.3. The zero-order valence-electron chi connectivity index (χ0n) is 19.1. The van der Waals surface area contributed by atoms with Crippen molar-refractivity contribution in [2.45, 2.75) is 44.6 Å². The Morgan fingerprint density at radius 3 is 2.34 bits per heavy atom. The molecule has 7 nitrogen and oxygen atoms in total. The van der Waals surface area contributed by atoms with Crippen molar-refractivity contribution in [3.05, 3.63) is 59.2 Å². The highest BCUT2D eigenvalue weighted by molar-refractivity contribution is 7.89. The summed E-state index contributed by atoms with van der Waals surface area (Å²) in [7, 11) is -3.73. The Labute approximate surface area is 190 Å². The summed E-state index contributed by atoms with van der Waals surface area (Å²) in [5.41, 5.74) is 2.18. The van der Waals surface area contributed by atoms with Gasteiger partial charge in [0.05, 0.1) is 16.5 Å². The van der Waals surface area contributed by atoms with Crippen LogP contribution in [0.2, 0.25) is 0 Å². The number of carbonyl (C=O) groups excluding carboxylic acids is 1. The second kappa shape index (κ2) is 9.31. The number of nitrogens with zero attached hydrogens (tertiary/aromatic N) is 3. The van der Waals surface area contributed by atoms with Gasteiger partial charge in [-0.3, -0.25) is 4.79 Å². The van der Waals surface area contributed by atoms with Gasteiger partial charge in [-0.25, -0.2) is 13.1 Å². The van der Waals surface area contributed by atoms with Crippen molar-refractivity contribution in [3.63, 3.8) is 0 Å². The maximum Gasteiger partial charge on any atom is 0.254 e. The fraction of sp³-hybridized carbons (Fsp3) is 0.417. The van der Waals surface area contributed by atoms with Gasteiger partial charge in [-0.2, -0.15) is 5.26 Å². The average Bonchev–Trinajstić information content (AvgIpc) is 2.98. The molecule has 1 heterocycles. The van der Waals surface area contributed by atoms with Gasteiger partial charge in [-0.1, -0.05) is 6.07 Å². The molecule has 0 radical (unpaired) electrons. The maximum atomic E-state index is 13.3. The normalized spacial score (nSPS) is 15.2. The lowest BCUT2D eigenvalue weighted by Gasteiger charge is -2.24. The Balaban J connectivity index is 1.78. The Hall–Kier alpha value is -2.89. The van der Waals surface area contributed by atoms with Crippen LogP contribution in [0.15, 0.2) is 47.4 Å². The van der Waals surface area contributed by atoms with Gasteiger partial charge in [0.25, 0.3) is 5.91 Å². The van der Waals surface area contributed by atoms with E-state index in [-0.39, 0.29) is 10.8 Å². The van der Waals surface area contributed by atoms with Crippen molar-refractivity contribution in [3.8, 4) is 6.07 Å². The minimum Gasteiger partial charge on any atom is -0.370 e. The SMILES string of the molecule is Cc1ccc(S(=O)(=O)NC(C)(C)C)cc1C(=O)N1CCCN(c2ccc(C#N)cc2)CC1. The molecule has 0 spiro atoms. The topological polar surface area (TPSA) is 93.5 Å². The van der Waals surface area contributed by atoms with E-state index in [0.717, 1.165) is 24.2 Å². The van der Waals surface area contributed by atoms with E-state index in [4.69, 9.17) is 5.26 Å². The number of hydrogen-bond acceptors (Lipinski definition) is 5. The van der Waals surface area contributed by atoms with Gasteiger partial charge in [-0.05, 0) is 76.1 Å². The standard InChI is InChI=1S/C24H30N4O3S/c1-18-6-11-21(32(30,31)26-24(2,3)4)16-22(18)23(29)28-13-5-12-27(14-15-28)20-9-7-19(17-25)8-10-20/h6-11,16,26H,5,12-15H2,1-4H3. The Morgan fingerprint density at radius 1 is 1.03 bits per heavy atom. The number of sulfonamides is 1. The van der Waals surface area contributed by atoms with E-state index in [1.165, 1.54) is 12.1 Å². The molecule has 0 aromatic heterocycles. The third kappa shape index (κ3) is 5.67. The van der Waals surface area contributed by atoms with Gasteiger partial charge in [0.1, 0.15) is 0 Å². The summed E-state index contributed by atoms with van der Waals surface area (Å²) in [6.07, 6.45) is 0.800. The summed E-state index contributed by atoms with van der Waals surface area (Å²) in [4.78, 5) is 17.4. The van der Waals surface area contributed by atoms with Crippen LogP contribution in [0, 0.1) is 18.3 Å². The minimum absolute atomic E-state index is 0.0930. The summed E-state index contributed by atoms with van der Waals surface area (Å²) in [5.74, 6) is -0.156. The van der Waals surface area contributed by atoms with Crippen LogP contribution < -0.4 is 9.62 Å². The molecule has 0 unspecified atom stereocenters. The van der Waals surface area contributed by atoms with Crippen LogP contribution in [-0.2, 0) is 10.0 Å². The van der Waals surface area contributed by atoms with E-state index >= 15 is 0 Å². The lowest BCUT2D eigenvalue weighted by molar-refractivity contribution is 0.0766. The predicted molar refractivity (Wildman–Crippen MR) is 125 cm³/mol. The Morgan fingerprint density at radius 2 is 1.72 bits per heavy atom. The van der Waals surface area contributed by atoms with Gasteiger partial charge in [0.2, 0.25) is 10.0 Å². The van der Waals surface area contributed by atoms with Crippen molar-refractivity contribution in [1.82, 2.24) is 9.62 Å². The zero-order chi connectivity index (χ0) is 23.5. The van der Waals surface area contributed by atoms with Gasteiger partial charge in [0.15, 0.2) is 0 Å². The van der Waals surface area contributed by atoms with Crippen molar-refractivity contribution in [2.24, 2.45) is 0 Å². The second-order valence-corrected chi connectivity index (χ2v) is 10.8. The lowest BCUT2D eigenvalue weighted by Crippen LogP contribution is -2.40. The first-order chi connectivity index (χ1) is 15.0. The molecule has 0 bridgehead atoms. The number of anilines is 1. The first-order valence-corrected chi connectivity index (χ1v) is 12.2. The molecule has 1 N–H and O–H groups in total. The largest absolute Gasteiger partial charge is 0.370 e. The third-order valence-electron chi connectivity index (χ3n) is 5.33. The molecule has 1 fully saturated rings. The number of nitriles is 1. The zero-order valence-corrected chi connectivity index (χ0v) is 19.9. The molecule has 1 saturated heterocycles. The van der Waals surface area contributed by atoms with E-state index in [2.05, 4.69) is 15.7 Å². The lowest BCUT2D eigenvalue weighted by atomic mass is 10.1. The molecule has 170 valence electrons. The molecule has 1 aliphatic rings. The average molecular weight is 455 g/mol. The fourth-order valence-corrected chi connectivity index (χ4v) is 5.20. The number of hydrogen-bond donors (Lipinski definition) is 1.